The van der Waals surface area contributed by atoms with Gasteiger partial charge in [-0.2, -0.15) is 0 Å². The summed E-state index contributed by atoms with van der Waals surface area (Å²) in [4.78, 5) is 32.9. The minimum atomic E-state index is -0.701. The lowest BCUT2D eigenvalue weighted by atomic mass is 10.0. The molecule has 0 fully saturated rings. The zero-order valence-corrected chi connectivity index (χ0v) is 8.60. The number of hydrogen-bond acceptors (Lipinski definition) is 5. The first-order valence-electron chi connectivity index (χ1n) is 4.59. The molecule has 0 amide bonds. The number of carbonyl (C=O) groups excluding carboxylic acids is 3. The van der Waals surface area contributed by atoms with Crippen molar-refractivity contribution in [2.75, 3.05) is 6.61 Å². The molecule has 0 radical (unpaired) electrons. The van der Waals surface area contributed by atoms with Crippen molar-refractivity contribution < 1.29 is 24.2 Å². The van der Waals surface area contributed by atoms with Crippen LogP contribution in [0.5, 0.6) is 5.75 Å². The Labute approximate surface area is 91.6 Å². The second-order valence-electron chi connectivity index (χ2n) is 2.92. The molecular formula is C11H10O5. The molecule has 16 heavy (non-hydrogen) atoms. The van der Waals surface area contributed by atoms with E-state index in [9.17, 15) is 19.5 Å². The third-order valence-corrected chi connectivity index (χ3v) is 2.00. The zero-order valence-electron chi connectivity index (χ0n) is 8.60. The van der Waals surface area contributed by atoms with E-state index in [1.165, 1.54) is 12.1 Å². The van der Waals surface area contributed by atoms with Crippen molar-refractivity contribution in [1.82, 2.24) is 0 Å². The van der Waals surface area contributed by atoms with E-state index in [2.05, 4.69) is 0 Å². The molecule has 0 aliphatic carbocycles. The number of phenolic OH excluding ortho intramolecular Hbond substituents is 1. The molecule has 0 spiro atoms. The highest BCUT2D eigenvalue weighted by Gasteiger charge is 2.17. The first-order chi connectivity index (χ1) is 7.65. The van der Waals surface area contributed by atoms with Gasteiger partial charge in [0.05, 0.1) is 17.7 Å². The number of hydrogen-bond donors (Lipinski definition) is 1. The molecule has 0 unspecified atom stereocenters. The minimum absolute atomic E-state index is 0.0308. The lowest BCUT2D eigenvalue weighted by molar-refractivity contribution is 0.0524. The van der Waals surface area contributed by atoms with Crippen LogP contribution in [0.2, 0.25) is 0 Å². The summed E-state index contributed by atoms with van der Waals surface area (Å²) in [6.07, 6.45) is 0.664. The number of carbonyl (C=O) groups is 3. The van der Waals surface area contributed by atoms with Crippen LogP contribution < -0.4 is 0 Å². The van der Waals surface area contributed by atoms with Crippen molar-refractivity contribution in [3.63, 3.8) is 0 Å². The Kier molecular flexibility index (Phi) is 3.77. The monoisotopic (exact) mass is 222 g/mol. The van der Waals surface area contributed by atoms with Gasteiger partial charge in [0.15, 0.2) is 12.6 Å². The maximum atomic E-state index is 11.4. The number of ether oxygens (including phenoxy) is 1. The van der Waals surface area contributed by atoms with E-state index in [1.807, 2.05) is 0 Å². The van der Waals surface area contributed by atoms with E-state index in [0.29, 0.717) is 12.6 Å². The molecule has 0 aliphatic heterocycles. The Morgan fingerprint density at radius 3 is 2.44 bits per heavy atom. The second-order valence-corrected chi connectivity index (χ2v) is 2.92. The highest BCUT2D eigenvalue weighted by molar-refractivity contribution is 6.04. The summed E-state index contributed by atoms with van der Waals surface area (Å²) in [5.41, 5.74) is -0.397. The van der Waals surface area contributed by atoms with Crippen LogP contribution >= 0.6 is 0 Å². The van der Waals surface area contributed by atoms with E-state index in [4.69, 9.17) is 4.74 Å². The number of esters is 1. The van der Waals surface area contributed by atoms with Crippen molar-refractivity contribution in [2.24, 2.45) is 0 Å². The average Bonchev–Trinajstić information content (AvgIpc) is 2.28. The second kappa shape index (κ2) is 5.06. The summed E-state index contributed by atoms with van der Waals surface area (Å²) in [6.45, 7) is 1.79. The third-order valence-electron chi connectivity index (χ3n) is 2.00. The van der Waals surface area contributed by atoms with Crippen molar-refractivity contribution >= 4 is 18.5 Å². The highest BCUT2D eigenvalue weighted by Crippen LogP contribution is 2.22. The predicted octanol–water partition coefficient (Wildman–Crippen LogP) is 1.19. The molecule has 0 aromatic heterocycles. The van der Waals surface area contributed by atoms with Crippen LogP contribution in [0.1, 0.15) is 38.0 Å². The van der Waals surface area contributed by atoms with E-state index in [-0.39, 0.29) is 29.0 Å². The molecule has 1 N–H and O–H groups in total. The summed E-state index contributed by atoms with van der Waals surface area (Å²) >= 11 is 0. The van der Waals surface area contributed by atoms with Gasteiger partial charge in [-0.3, -0.25) is 9.59 Å². The topological polar surface area (TPSA) is 80.7 Å². The maximum Gasteiger partial charge on any atom is 0.338 e. The summed E-state index contributed by atoms with van der Waals surface area (Å²) in [5.74, 6) is -1.04. The Morgan fingerprint density at radius 1 is 1.31 bits per heavy atom. The van der Waals surface area contributed by atoms with Crippen LogP contribution in [-0.4, -0.2) is 30.3 Å². The van der Waals surface area contributed by atoms with E-state index < -0.39 is 5.97 Å². The maximum absolute atomic E-state index is 11.4. The fourth-order valence-corrected chi connectivity index (χ4v) is 1.26. The molecule has 5 nitrogen and oxygen atoms in total. The van der Waals surface area contributed by atoms with Gasteiger partial charge in [-0.05, 0) is 19.1 Å². The normalized spacial score (nSPS) is 9.56. The SMILES string of the molecule is CCOC(=O)c1ccc(O)c(C=O)c1C=O. The van der Waals surface area contributed by atoms with Gasteiger partial charge in [0.1, 0.15) is 5.75 Å². The third kappa shape index (κ3) is 2.08. The largest absolute Gasteiger partial charge is 0.507 e. The number of rotatable bonds is 4. The van der Waals surface area contributed by atoms with E-state index in [0.717, 1.165) is 0 Å². The van der Waals surface area contributed by atoms with E-state index >= 15 is 0 Å². The zero-order chi connectivity index (χ0) is 12.1. The van der Waals surface area contributed by atoms with Gasteiger partial charge in [-0.15, -0.1) is 0 Å². The smallest absolute Gasteiger partial charge is 0.338 e. The fourth-order valence-electron chi connectivity index (χ4n) is 1.26. The molecule has 1 rings (SSSR count). The molecule has 0 atom stereocenters. The first-order valence-corrected chi connectivity index (χ1v) is 4.59. The van der Waals surface area contributed by atoms with Gasteiger partial charge in [-0.1, -0.05) is 0 Å². The number of aromatic hydroxyl groups is 1. The van der Waals surface area contributed by atoms with Crippen molar-refractivity contribution in [3.05, 3.63) is 28.8 Å². The van der Waals surface area contributed by atoms with Crippen LogP contribution in [0.25, 0.3) is 0 Å². The molecule has 1 aromatic rings. The Hall–Kier alpha value is -2.17. The van der Waals surface area contributed by atoms with Crippen molar-refractivity contribution in [3.8, 4) is 5.75 Å². The predicted molar refractivity (Wildman–Crippen MR) is 54.8 cm³/mol. The van der Waals surface area contributed by atoms with Crippen molar-refractivity contribution in [1.29, 1.82) is 0 Å². The fraction of sp³-hybridized carbons (Fsp3) is 0.182. The van der Waals surface area contributed by atoms with Gasteiger partial charge in [0.25, 0.3) is 0 Å². The molecule has 0 bridgehead atoms. The summed E-state index contributed by atoms with van der Waals surface area (Å²) < 4.78 is 4.71. The number of benzene rings is 1. The quantitative estimate of drug-likeness (QED) is 0.611. The van der Waals surface area contributed by atoms with Crippen LogP contribution in [0.3, 0.4) is 0 Å². The average molecular weight is 222 g/mol. The first kappa shape index (κ1) is 11.9. The van der Waals surface area contributed by atoms with Crippen LogP contribution in [0.15, 0.2) is 12.1 Å². The Morgan fingerprint density at radius 2 is 1.94 bits per heavy atom. The minimum Gasteiger partial charge on any atom is -0.507 e. The molecule has 0 saturated heterocycles. The van der Waals surface area contributed by atoms with Crippen LogP contribution in [0, 0.1) is 0 Å². The molecule has 5 heteroatoms. The van der Waals surface area contributed by atoms with Gasteiger partial charge >= 0.3 is 5.97 Å². The summed E-state index contributed by atoms with van der Waals surface area (Å²) in [6, 6.07) is 2.41. The molecular weight excluding hydrogens is 212 g/mol. The molecule has 1 aromatic carbocycles. The molecule has 0 saturated carbocycles. The highest BCUT2D eigenvalue weighted by atomic mass is 16.5. The van der Waals surface area contributed by atoms with Crippen LogP contribution in [-0.2, 0) is 4.74 Å². The Balaban J connectivity index is 3.35. The molecule has 84 valence electrons. The number of aldehydes is 2. The van der Waals surface area contributed by atoms with Crippen LogP contribution in [0.4, 0.5) is 0 Å². The van der Waals surface area contributed by atoms with Gasteiger partial charge in [0.2, 0.25) is 0 Å². The summed E-state index contributed by atoms with van der Waals surface area (Å²) in [7, 11) is 0. The van der Waals surface area contributed by atoms with E-state index in [1.54, 1.807) is 6.92 Å². The summed E-state index contributed by atoms with van der Waals surface area (Å²) in [5, 5.41) is 9.32. The van der Waals surface area contributed by atoms with Crippen molar-refractivity contribution in [2.45, 2.75) is 6.92 Å². The molecule has 0 aliphatic rings. The standard InChI is InChI=1S/C11H10O5/c1-2-16-11(15)7-3-4-10(14)9(6-13)8(7)5-12/h3-6,14H,2H2,1H3. The molecule has 0 heterocycles. The number of phenols is 1. The van der Waals surface area contributed by atoms with Gasteiger partial charge < -0.3 is 9.84 Å². The lowest BCUT2D eigenvalue weighted by Gasteiger charge is -2.07. The van der Waals surface area contributed by atoms with Gasteiger partial charge in [0, 0.05) is 5.56 Å². The van der Waals surface area contributed by atoms with Gasteiger partial charge in [-0.25, -0.2) is 4.79 Å². The lowest BCUT2D eigenvalue weighted by Crippen LogP contribution is -2.09. The Bertz CT molecular complexity index is 436.